The van der Waals surface area contributed by atoms with Crippen molar-refractivity contribution in [3.05, 3.63) is 71.8 Å². The first-order chi connectivity index (χ1) is 11.9. The SMILES string of the molecule is C=CC(=O)Nc1ccc2c(c1)C(Nc1cccc(C(F)(F)F)c1)CC2. The van der Waals surface area contributed by atoms with Gasteiger partial charge in [-0.3, -0.25) is 4.79 Å². The van der Waals surface area contributed by atoms with Crippen molar-refractivity contribution >= 4 is 17.3 Å². The third-order valence-electron chi connectivity index (χ3n) is 4.21. The lowest BCUT2D eigenvalue weighted by molar-refractivity contribution is -0.137. The molecule has 0 saturated heterocycles. The maximum atomic E-state index is 12.9. The molecule has 0 aromatic heterocycles. The summed E-state index contributed by atoms with van der Waals surface area (Å²) >= 11 is 0. The van der Waals surface area contributed by atoms with Crippen LogP contribution in [0, 0.1) is 0 Å². The summed E-state index contributed by atoms with van der Waals surface area (Å²) in [5, 5.41) is 5.87. The minimum Gasteiger partial charge on any atom is -0.378 e. The molecular formula is C19H17F3N2O. The zero-order chi connectivity index (χ0) is 18.0. The molecule has 2 N–H and O–H groups in total. The Kier molecular flexibility index (Phi) is 4.53. The van der Waals surface area contributed by atoms with Gasteiger partial charge in [0.05, 0.1) is 11.6 Å². The Morgan fingerprint density at radius 3 is 2.68 bits per heavy atom. The minimum absolute atomic E-state index is 0.0981. The number of fused-ring (bicyclic) bond motifs is 1. The topological polar surface area (TPSA) is 41.1 Å². The summed E-state index contributed by atoms with van der Waals surface area (Å²) in [7, 11) is 0. The highest BCUT2D eigenvalue weighted by Crippen LogP contribution is 2.37. The summed E-state index contributed by atoms with van der Waals surface area (Å²) in [6.07, 6.45) is -1.56. The van der Waals surface area contributed by atoms with Gasteiger partial charge in [0.15, 0.2) is 0 Å². The fourth-order valence-corrected chi connectivity index (χ4v) is 3.01. The van der Waals surface area contributed by atoms with E-state index in [1.165, 1.54) is 12.1 Å². The number of alkyl halides is 3. The maximum Gasteiger partial charge on any atom is 0.416 e. The van der Waals surface area contributed by atoms with Gasteiger partial charge in [-0.1, -0.05) is 18.7 Å². The Bertz CT molecular complexity index is 815. The van der Waals surface area contributed by atoms with Crippen LogP contribution in [0.5, 0.6) is 0 Å². The lowest BCUT2D eigenvalue weighted by Crippen LogP contribution is -2.11. The van der Waals surface area contributed by atoms with Crippen molar-refractivity contribution in [1.29, 1.82) is 0 Å². The Labute approximate surface area is 143 Å². The van der Waals surface area contributed by atoms with Gasteiger partial charge in [-0.15, -0.1) is 0 Å². The van der Waals surface area contributed by atoms with Gasteiger partial charge >= 0.3 is 6.18 Å². The van der Waals surface area contributed by atoms with E-state index in [0.29, 0.717) is 11.4 Å². The highest BCUT2D eigenvalue weighted by Gasteiger charge is 2.31. The highest BCUT2D eigenvalue weighted by molar-refractivity contribution is 5.98. The van der Waals surface area contributed by atoms with Crippen LogP contribution < -0.4 is 10.6 Å². The Hall–Kier alpha value is -2.76. The molecule has 0 radical (unpaired) electrons. The molecule has 0 fully saturated rings. The van der Waals surface area contributed by atoms with Crippen molar-refractivity contribution < 1.29 is 18.0 Å². The van der Waals surface area contributed by atoms with Crippen molar-refractivity contribution in [2.24, 2.45) is 0 Å². The second-order valence-electron chi connectivity index (χ2n) is 5.92. The second kappa shape index (κ2) is 6.63. The summed E-state index contributed by atoms with van der Waals surface area (Å²) < 4.78 is 38.6. The molecule has 0 heterocycles. The van der Waals surface area contributed by atoms with Crippen LogP contribution in [0.25, 0.3) is 0 Å². The molecule has 1 amide bonds. The zero-order valence-electron chi connectivity index (χ0n) is 13.4. The van der Waals surface area contributed by atoms with Crippen LogP contribution in [0.1, 0.15) is 29.2 Å². The van der Waals surface area contributed by atoms with Gasteiger partial charge in [0, 0.05) is 11.4 Å². The number of halogens is 3. The summed E-state index contributed by atoms with van der Waals surface area (Å²) in [6, 6.07) is 10.7. The van der Waals surface area contributed by atoms with E-state index >= 15 is 0 Å². The number of aryl methyl sites for hydroxylation is 1. The number of amides is 1. The van der Waals surface area contributed by atoms with E-state index in [-0.39, 0.29) is 11.9 Å². The number of nitrogens with one attached hydrogen (secondary N) is 2. The van der Waals surface area contributed by atoms with E-state index < -0.39 is 11.7 Å². The van der Waals surface area contributed by atoms with Crippen LogP contribution in [0.15, 0.2) is 55.1 Å². The monoisotopic (exact) mass is 346 g/mol. The first-order valence-electron chi connectivity index (χ1n) is 7.87. The van der Waals surface area contributed by atoms with Crippen molar-refractivity contribution in [1.82, 2.24) is 0 Å². The molecule has 0 aliphatic heterocycles. The van der Waals surface area contributed by atoms with Gasteiger partial charge in [0.1, 0.15) is 0 Å². The third-order valence-corrected chi connectivity index (χ3v) is 4.21. The van der Waals surface area contributed by atoms with Crippen molar-refractivity contribution in [2.45, 2.75) is 25.1 Å². The molecule has 130 valence electrons. The molecule has 3 nitrogen and oxygen atoms in total. The van der Waals surface area contributed by atoms with Gasteiger partial charge in [-0.05, 0) is 60.4 Å². The van der Waals surface area contributed by atoms with Crippen LogP contribution in [0.3, 0.4) is 0 Å². The van der Waals surface area contributed by atoms with Crippen molar-refractivity contribution in [3.8, 4) is 0 Å². The van der Waals surface area contributed by atoms with Crippen LogP contribution >= 0.6 is 0 Å². The minimum atomic E-state index is -4.37. The molecule has 6 heteroatoms. The number of anilines is 2. The average molecular weight is 346 g/mol. The summed E-state index contributed by atoms with van der Waals surface area (Å²) in [5.41, 5.74) is 2.50. The first-order valence-corrected chi connectivity index (χ1v) is 7.87. The van der Waals surface area contributed by atoms with E-state index in [0.717, 1.165) is 36.1 Å². The number of hydrogen-bond donors (Lipinski definition) is 2. The number of rotatable bonds is 4. The summed E-state index contributed by atoms with van der Waals surface area (Å²) in [4.78, 5) is 11.4. The molecule has 1 unspecified atom stereocenters. The fraction of sp³-hybridized carbons (Fsp3) is 0.211. The standard InChI is InChI=1S/C19H17F3N2O/c1-2-18(25)24-15-8-6-12-7-9-17(16(12)11-15)23-14-5-3-4-13(10-14)19(20,21)22/h2-6,8,10-11,17,23H,1,7,9H2,(H,24,25). The fourth-order valence-electron chi connectivity index (χ4n) is 3.01. The molecule has 0 saturated carbocycles. The second-order valence-corrected chi connectivity index (χ2v) is 5.92. The van der Waals surface area contributed by atoms with Crippen molar-refractivity contribution in [3.63, 3.8) is 0 Å². The number of benzene rings is 2. The normalized spacial score (nSPS) is 16.2. The number of carbonyl (C=O) groups is 1. The summed E-state index contributed by atoms with van der Waals surface area (Å²) in [6.45, 7) is 3.41. The molecule has 3 rings (SSSR count). The zero-order valence-corrected chi connectivity index (χ0v) is 13.4. The number of hydrogen-bond acceptors (Lipinski definition) is 2. The number of carbonyl (C=O) groups excluding carboxylic acids is 1. The van der Waals surface area contributed by atoms with Gasteiger partial charge in [0.25, 0.3) is 0 Å². The Morgan fingerprint density at radius 2 is 1.96 bits per heavy atom. The molecule has 1 aliphatic rings. The maximum absolute atomic E-state index is 12.9. The first kappa shape index (κ1) is 17.1. The Morgan fingerprint density at radius 1 is 1.16 bits per heavy atom. The predicted octanol–water partition coefficient (Wildman–Crippen LogP) is 4.93. The van der Waals surface area contributed by atoms with Crippen LogP contribution in [0.2, 0.25) is 0 Å². The van der Waals surface area contributed by atoms with Gasteiger partial charge in [0.2, 0.25) is 5.91 Å². The Balaban J connectivity index is 1.82. The molecule has 1 aliphatic carbocycles. The van der Waals surface area contributed by atoms with Crippen molar-refractivity contribution in [2.75, 3.05) is 10.6 Å². The predicted molar refractivity (Wildman–Crippen MR) is 91.4 cm³/mol. The molecule has 1 atom stereocenters. The molecule has 0 bridgehead atoms. The van der Waals surface area contributed by atoms with E-state index in [2.05, 4.69) is 17.2 Å². The highest BCUT2D eigenvalue weighted by atomic mass is 19.4. The largest absolute Gasteiger partial charge is 0.416 e. The quantitative estimate of drug-likeness (QED) is 0.771. The average Bonchev–Trinajstić information content (AvgIpc) is 2.96. The lowest BCUT2D eigenvalue weighted by Gasteiger charge is -2.17. The molecule has 2 aromatic rings. The lowest BCUT2D eigenvalue weighted by atomic mass is 10.1. The smallest absolute Gasteiger partial charge is 0.378 e. The van der Waals surface area contributed by atoms with Gasteiger partial charge in [-0.25, -0.2) is 0 Å². The van der Waals surface area contributed by atoms with E-state index in [1.54, 1.807) is 6.07 Å². The van der Waals surface area contributed by atoms with Crippen LogP contribution in [-0.4, -0.2) is 5.91 Å². The van der Waals surface area contributed by atoms with E-state index in [9.17, 15) is 18.0 Å². The van der Waals surface area contributed by atoms with Crippen LogP contribution in [0.4, 0.5) is 24.5 Å². The van der Waals surface area contributed by atoms with Gasteiger partial charge in [-0.2, -0.15) is 13.2 Å². The summed E-state index contributed by atoms with van der Waals surface area (Å²) in [5.74, 6) is -0.305. The molecular weight excluding hydrogens is 329 g/mol. The third kappa shape index (κ3) is 3.84. The van der Waals surface area contributed by atoms with Crippen LogP contribution in [-0.2, 0) is 17.4 Å². The molecule has 2 aromatic carbocycles. The molecule has 0 spiro atoms. The van der Waals surface area contributed by atoms with Gasteiger partial charge < -0.3 is 10.6 Å². The van der Waals surface area contributed by atoms with E-state index in [1.807, 2.05) is 18.2 Å². The molecule has 25 heavy (non-hydrogen) atoms. The van der Waals surface area contributed by atoms with E-state index in [4.69, 9.17) is 0 Å².